The molecule has 1 aromatic heterocycles. The zero-order valence-electron chi connectivity index (χ0n) is 10.6. The number of benzene rings is 1. The van der Waals surface area contributed by atoms with Crippen molar-refractivity contribution in [1.82, 2.24) is 4.98 Å². The molecule has 5 heteroatoms. The molecule has 0 spiro atoms. The van der Waals surface area contributed by atoms with Gasteiger partial charge in [-0.05, 0) is 37.0 Å². The lowest BCUT2D eigenvalue weighted by Gasteiger charge is -2.13. The molecule has 3 nitrogen and oxygen atoms in total. The molecule has 0 radical (unpaired) electrons. The number of pyridine rings is 1. The minimum atomic E-state index is -0.365. The minimum absolute atomic E-state index is 0.186. The Morgan fingerprint density at radius 1 is 1.35 bits per heavy atom. The topological polar surface area (TPSA) is 62.7 Å². The number of anilines is 1. The minimum Gasteiger partial charge on any atom is -0.383 e. The number of nitrogen functional groups attached to an aromatic ring is 1. The Hall–Kier alpha value is -1.93. The lowest BCUT2D eigenvalue weighted by Crippen LogP contribution is -2.04. The molecule has 0 amide bonds. The standard InChI is InChI=1S/C15H11BrFN3/c16-8-4-5-9(12(17)6-8)14-10-2-1-3-13(10)20-15(19)11(14)7-18/h4-6H,1-3H2,(H2,19,20). The molecule has 0 unspecified atom stereocenters. The van der Waals surface area contributed by atoms with Gasteiger partial charge in [-0.15, -0.1) is 0 Å². The predicted octanol–water partition coefficient (Wildman–Crippen LogP) is 3.59. The monoisotopic (exact) mass is 331 g/mol. The van der Waals surface area contributed by atoms with Gasteiger partial charge in [-0.1, -0.05) is 22.0 Å². The Morgan fingerprint density at radius 3 is 2.85 bits per heavy atom. The SMILES string of the molecule is N#Cc1c(N)nc2c(c1-c1ccc(Br)cc1F)CCC2. The summed E-state index contributed by atoms with van der Waals surface area (Å²) in [5, 5.41) is 9.34. The van der Waals surface area contributed by atoms with E-state index in [2.05, 4.69) is 27.0 Å². The highest BCUT2D eigenvalue weighted by Gasteiger charge is 2.24. The van der Waals surface area contributed by atoms with Crippen molar-refractivity contribution in [3.05, 3.63) is 45.3 Å². The molecule has 1 aromatic carbocycles. The van der Waals surface area contributed by atoms with Crippen LogP contribution in [0.25, 0.3) is 11.1 Å². The van der Waals surface area contributed by atoms with E-state index in [-0.39, 0.29) is 17.2 Å². The number of halogens is 2. The number of aromatic nitrogens is 1. The Balaban J connectivity index is 2.35. The number of hydrogen-bond donors (Lipinski definition) is 1. The van der Waals surface area contributed by atoms with Crippen molar-refractivity contribution < 1.29 is 4.39 Å². The van der Waals surface area contributed by atoms with Crippen molar-refractivity contribution in [3.8, 4) is 17.2 Å². The first-order valence-corrected chi connectivity index (χ1v) is 7.08. The quantitative estimate of drug-likeness (QED) is 0.868. The van der Waals surface area contributed by atoms with Gasteiger partial charge >= 0.3 is 0 Å². The summed E-state index contributed by atoms with van der Waals surface area (Å²) in [5.41, 5.74) is 8.99. The fraction of sp³-hybridized carbons (Fsp3) is 0.200. The molecule has 1 aliphatic rings. The first-order valence-electron chi connectivity index (χ1n) is 6.28. The number of fused-ring (bicyclic) bond motifs is 1. The van der Waals surface area contributed by atoms with Crippen LogP contribution in [0.1, 0.15) is 23.2 Å². The second kappa shape index (κ2) is 4.88. The van der Waals surface area contributed by atoms with Crippen molar-refractivity contribution >= 4 is 21.7 Å². The molecular formula is C15H11BrFN3. The summed E-state index contributed by atoms with van der Waals surface area (Å²) < 4.78 is 14.9. The highest BCUT2D eigenvalue weighted by atomic mass is 79.9. The van der Waals surface area contributed by atoms with Crippen LogP contribution in [0.15, 0.2) is 22.7 Å². The van der Waals surface area contributed by atoms with Crippen LogP contribution in [-0.2, 0) is 12.8 Å². The fourth-order valence-corrected chi connectivity index (χ4v) is 3.04. The van der Waals surface area contributed by atoms with Crippen molar-refractivity contribution in [2.75, 3.05) is 5.73 Å². The predicted molar refractivity (Wildman–Crippen MR) is 78.5 cm³/mol. The van der Waals surface area contributed by atoms with Crippen LogP contribution in [0.3, 0.4) is 0 Å². The van der Waals surface area contributed by atoms with Crippen molar-refractivity contribution in [2.24, 2.45) is 0 Å². The van der Waals surface area contributed by atoms with Gasteiger partial charge in [0.05, 0.1) is 0 Å². The molecule has 0 aliphatic heterocycles. The Bertz CT molecular complexity index is 749. The second-order valence-corrected chi connectivity index (χ2v) is 5.68. The van der Waals surface area contributed by atoms with E-state index in [1.165, 1.54) is 6.07 Å². The number of nitrogens with zero attached hydrogens (tertiary/aromatic N) is 2. The summed E-state index contributed by atoms with van der Waals surface area (Å²) >= 11 is 3.24. The van der Waals surface area contributed by atoms with Gasteiger partial charge in [0.25, 0.3) is 0 Å². The summed E-state index contributed by atoms with van der Waals surface area (Å²) in [6.45, 7) is 0. The third kappa shape index (κ3) is 1.97. The van der Waals surface area contributed by atoms with Gasteiger partial charge < -0.3 is 5.73 Å². The second-order valence-electron chi connectivity index (χ2n) is 4.76. The third-order valence-electron chi connectivity index (χ3n) is 3.56. The van der Waals surface area contributed by atoms with E-state index in [1.807, 2.05) is 0 Å². The van der Waals surface area contributed by atoms with Crippen LogP contribution in [0.5, 0.6) is 0 Å². The summed E-state index contributed by atoms with van der Waals surface area (Å²) in [4.78, 5) is 4.28. The fourth-order valence-electron chi connectivity index (χ4n) is 2.70. The normalized spacial score (nSPS) is 13.1. The lowest BCUT2D eigenvalue weighted by molar-refractivity contribution is 0.630. The molecule has 0 saturated heterocycles. The molecular weight excluding hydrogens is 321 g/mol. The van der Waals surface area contributed by atoms with Gasteiger partial charge in [-0.25, -0.2) is 9.37 Å². The lowest BCUT2D eigenvalue weighted by atomic mass is 9.94. The van der Waals surface area contributed by atoms with Gasteiger partial charge in [0, 0.05) is 21.3 Å². The molecule has 1 heterocycles. The Labute approximate surface area is 124 Å². The van der Waals surface area contributed by atoms with Crippen LogP contribution in [-0.4, -0.2) is 4.98 Å². The van der Waals surface area contributed by atoms with Crippen molar-refractivity contribution in [1.29, 1.82) is 5.26 Å². The number of aryl methyl sites for hydroxylation is 1. The first-order chi connectivity index (χ1) is 9.61. The first kappa shape index (κ1) is 13.1. The van der Waals surface area contributed by atoms with Crippen LogP contribution >= 0.6 is 15.9 Å². The van der Waals surface area contributed by atoms with Gasteiger partial charge in [-0.2, -0.15) is 5.26 Å². The Morgan fingerprint density at radius 2 is 2.15 bits per heavy atom. The maximum absolute atomic E-state index is 14.3. The molecule has 0 fully saturated rings. The molecule has 2 N–H and O–H groups in total. The summed E-state index contributed by atoms with van der Waals surface area (Å²) in [6, 6.07) is 6.90. The van der Waals surface area contributed by atoms with Crippen LogP contribution in [0, 0.1) is 17.1 Å². The summed E-state index contributed by atoms with van der Waals surface area (Å²) in [5.74, 6) is -0.180. The maximum atomic E-state index is 14.3. The summed E-state index contributed by atoms with van der Waals surface area (Å²) in [6.07, 6.45) is 2.60. The van der Waals surface area contributed by atoms with E-state index < -0.39 is 0 Å². The maximum Gasteiger partial charge on any atom is 0.142 e. The largest absolute Gasteiger partial charge is 0.383 e. The molecule has 0 atom stereocenters. The average molecular weight is 332 g/mol. The van der Waals surface area contributed by atoms with Crippen LogP contribution in [0.4, 0.5) is 10.2 Å². The van der Waals surface area contributed by atoms with E-state index in [4.69, 9.17) is 5.73 Å². The van der Waals surface area contributed by atoms with Crippen LogP contribution < -0.4 is 5.73 Å². The average Bonchev–Trinajstić information content (AvgIpc) is 2.85. The Kier molecular flexibility index (Phi) is 3.19. The number of rotatable bonds is 1. The van der Waals surface area contributed by atoms with E-state index in [0.29, 0.717) is 15.6 Å². The van der Waals surface area contributed by atoms with Crippen LogP contribution in [0.2, 0.25) is 0 Å². The van der Waals surface area contributed by atoms with E-state index in [1.54, 1.807) is 12.1 Å². The van der Waals surface area contributed by atoms with Gasteiger partial charge in [-0.3, -0.25) is 0 Å². The molecule has 20 heavy (non-hydrogen) atoms. The van der Waals surface area contributed by atoms with E-state index >= 15 is 0 Å². The molecule has 3 rings (SSSR count). The van der Waals surface area contributed by atoms with Gasteiger partial charge in [0.1, 0.15) is 23.3 Å². The molecule has 100 valence electrons. The third-order valence-corrected chi connectivity index (χ3v) is 4.06. The van der Waals surface area contributed by atoms with E-state index in [0.717, 1.165) is 30.5 Å². The van der Waals surface area contributed by atoms with Gasteiger partial charge in [0.2, 0.25) is 0 Å². The van der Waals surface area contributed by atoms with Gasteiger partial charge in [0.15, 0.2) is 0 Å². The molecule has 0 saturated carbocycles. The van der Waals surface area contributed by atoms with Crippen molar-refractivity contribution in [3.63, 3.8) is 0 Å². The zero-order valence-corrected chi connectivity index (χ0v) is 12.2. The molecule has 2 aromatic rings. The van der Waals surface area contributed by atoms with E-state index in [9.17, 15) is 9.65 Å². The zero-order chi connectivity index (χ0) is 14.3. The summed E-state index contributed by atoms with van der Waals surface area (Å²) in [7, 11) is 0. The highest BCUT2D eigenvalue weighted by molar-refractivity contribution is 9.10. The van der Waals surface area contributed by atoms with Crippen molar-refractivity contribution in [2.45, 2.75) is 19.3 Å². The smallest absolute Gasteiger partial charge is 0.142 e. The number of nitrogens with two attached hydrogens (primary N) is 1. The molecule has 1 aliphatic carbocycles. The number of nitriles is 1. The highest BCUT2D eigenvalue weighted by Crippen LogP contribution is 2.38. The molecule has 0 bridgehead atoms. The number of hydrogen-bond acceptors (Lipinski definition) is 3.